The first-order chi connectivity index (χ1) is 14.6. The molecule has 2 aromatic carbocycles. The van der Waals surface area contributed by atoms with Gasteiger partial charge in [0.05, 0.1) is 7.11 Å². The average molecular weight is 467 g/mol. The normalized spacial score (nSPS) is 13.6. The summed E-state index contributed by atoms with van der Waals surface area (Å²) in [5, 5.41) is 1.99. The molecule has 154 valence electrons. The average Bonchev–Trinajstić information content (AvgIpc) is 3.10. The Balaban J connectivity index is 1.73. The molecule has 1 aromatic heterocycles. The van der Waals surface area contributed by atoms with Crippen LogP contribution >= 0.6 is 15.9 Å². The summed E-state index contributed by atoms with van der Waals surface area (Å²) in [4.78, 5) is 26.4. The largest absolute Gasteiger partial charge is 0.466 e. The molecule has 0 bridgehead atoms. The van der Waals surface area contributed by atoms with Crippen molar-refractivity contribution in [2.45, 2.75) is 19.5 Å². The van der Waals surface area contributed by atoms with Crippen molar-refractivity contribution >= 4 is 44.8 Å². The lowest BCUT2D eigenvalue weighted by atomic mass is 10.0. The molecule has 0 fully saturated rings. The highest BCUT2D eigenvalue weighted by atomic mass is 79.9. The number of halogens is 1. The van der Waals surface area contributed by atoms with E-state index in [1.54, 1.807) is 6.08 Å². The molecule has 0 unspecified atom stereocenters. The highest BCUT2D eigenvalue weighted by Crippen LogP contribution is 2.32. The van der Waals surface area contributed by atoms with Gasteiger partial charge in [-0.1, -0.05) is 40.2 Å². The predicted octanol–water partition coefficient (Wildman–Crippen LogP) is 4.42. The summed E-state index contributed by atoms with van der Waals surface area (Å²) in [6, 6.07) is 15.6. The van der Waals surface area contributed by atoms with E-state index in [0.717, 1.165) is 34.8 Å². The van der Waals surface area contributed by atoms with Crippen LogP contribution in [0.1, 0.15) is 27.2 Å². The number of hydrogen-bond donors (Lipinski definition) is 0. The van der Waals surface area contributed by atoms with E-state index in [1.807, 2.05) is 41.3 Å². The van der Waals surface area contributed by atoms with Crippen LogP contribution in [0.15, 0.2) is 54.6 Å². The van der Waals surface area contributed by atoms with Crippen LogP contribution in [0, 0.1) is 0 Å². The molecule has 1 aliphatic heterocycles. The molecule has 0 atom stereocenters. The standard InChI is InChI=1S/C24H23BrN2O3/c1-30-23(28)10-8-17-7-9-21-19(15-17)20-16-26(13-11-22(20)27(21)14-12-25)24(29)18-5-3-2-4-6-18/h2-10,15H,11-14,16H2,1H3/b10-8+. The van der Waals surface area contributed by atoms with Crippen molar-refractivity contribution in [1.29, 1.82) is 0 Å². The molecule has 0 N–H and O–H groups in total. The maximum absolute atomic E-state index is 13.0. The SMILES string of the molecule is COC(=O)/C=C/c1ccc2c(c1)c1c(n2CCBr)CCN(C(=O)c2ccccc2)C1. The van der Waals surface area contributed by atoms with Gasteiger partial charge in [0.1, 0.15) is 0 Å². The Hall–Kier alpha value is -2.86. The van der Waals surface area contributed by atoms with Crippen LogP contribution in [-0.4, -0.2) is 40.3 Å². The van der Waals surface area contributed by atoms with E-state index >= 15 is 0 Å². The Bertz CT molecular complexity index is 1120. The molecule has 0 saturated carbocycles. The predicted molar refractivity (Wildman–Crippen MR) is 122 cm³/mol. The molecule has 0 saturated heterocycles. The number of benzene rings is 2. The summed E-state index contributed by atoms with van der Waals surface area (Å²) in [7, 11) is 1.37. The number of fused-ring (bicyclic) bond motifs is 3. The summed E-state index contributed by atoms with van der Waals surface area (Å²) >= 11 is 3.57. The minimum absolute atomic E-state index is 0.0596. The third kappa shape index (κ3) is 3.92. The third-order valence-corrected chi connectivity index (χ3v) is 5.86. The topological polar surface area (TPSA) is 51.5 Å². The molecule has 0 radical (unpaired) electrons. The van der Waals surface area contributed by atoms with Gasteiger partial charge in [0.2, 0.25) is 0 Å². The first-order valence-corrected chi connectivity index (χ1v) is 11.0. The molecule has 1 amide bonds. The van der Waals surface area contributed by atoms with Gasteiger partial charge >= 0.3 is 5.97 Å². The number of alkyl halides is 1. The number of carbonyl (C=O) groups is 2. The van der Waals surface area contributed by atoms with Crippen molar-refractivity contribution in [2.24, 2.45) is 0 Å². The number of aromatic nitrogens is 1. The minimum Gasteiger partial charge on any atom is -0.466 e. The van der Waals surface area contributed by atoms with Gasteiger partial charge in [-0.05, 0) is 35.9 Å². The maximum atomic E-state index is 13.0. The van der Waals surface area contributed by atoms with Crippen LogP contribution in [-0.2, 0) is 29.0 Å². The number of methoxy groups -OCH3 is 1. The molecule has 2 heterocycles. The van der Waals surface area contributed by atoms with Gasteiger partial charge in [-0.15, -0.1) is 0 Å². The molecule has 4 rings (SSSR count). The van der Waals surface area contributed by atoms with E-state index in [1.165, 1.54) is 24.4 Å². The van der Waals surface area contributed by atoms with Gasteiger partial charge in [-0.25, -0.2) is 4.79 Å². The Morgan fingerprint density at radius 3 is 2.70 bits per heavy atom. The van der Waals surface area contributed by atoms with Crippen molar-refractivity contribution in [2.75, 3.05) is 19.0 Å². The van der Waals surface area contributed by atoms with Gasteiger partial charge in [-0.2, -0.15) is 0 Å². The number of carbonyl (C=O) groups excluding carboxylic acids is 2. The molecule has 0 aliphatic carbocycles. The summed E-state index contributed by atoms with van der Waals surface area (Å²) in [5.41, 5.74) is 5.28. The molecular formula is C24H23BrN2O3. The number of nitrogens with zero attached hydrogens (tertiary/aromatic N) is 2. The molecular weight excluding hydrogens is 444 g/mol. The van der Waals surface area contributed by atoms with Gasteiger partial charge < -0.3 is 14.2 Å². The fourth-order valence-electron chi connectivity index (χ4n) is 4.08. The van der Waals surface area contributed by atoms with Crippen molar-refractivity contribution in [3.8, 4) is 0 Å². The van der Waals surface area contributed by atoms with Crippen LogP contribution in [0.25, 0.3) is 17.0 Å². The van der Waals surface area contributed by atoms with E-state index in [0.29, 0.717) is 18.7 Å². The molecule has 5 nitrogen and oxygen atoms in total. The maximum Gasteiger partial charge on any atom is 0.330 e. The van der Waals surface area contributed by atoms with Crippen molar-refractivity contribution in [3.63, 3.8) is 0 Å². The number of hydrogen-bond acceptors (Lipinski definition) is 3. The third-order valence-electron chi connectivity index (χ3n) is 5.51. The molecule has 6 heteroatoms. The van der Waals surface area contributed by atoms with Crippen LogP contribution in [0.2, 0.25) is 0 Å². The van der Waals surface area contributed by atoms with Gasteiger partial charge in [-0.3, -0.25) is 4.79 Å². The zero-order chi connectivity index (χ0) is 21.1. The van der Waals surface area contributed by atoms with Crippen molar-refractivity contribution < 1.29 is 14.3 Å². The highest BCUT2D eigenvalue weighted by molar-refractivity contribution is 9.09. The lowest BCUT2D eigenvalue weighted by molar-refractivity contribution is -0.134. The van der Waals surface area contributed by atoms with E-state index in [2.05, 4.69) is 37.4 Å². The number of rotatable bonds is 5. The lowest BCUT2D eigenvalue weighted by Crippen LogP contribution is -2.36. The molecule has 30 heavy (non-hydrogen) atoms. The summed E-state index contributed by atoms with van der Waals surface area (Å²) in [6.07, 6.45) is 4.01. The van der Waals surface area contributed by atoms with Crippen LogP contribution < -0.4 is 0 Å². The zero-order valence-corrected chi connectivity index (χ0v) is 18.4. The van der Waals surface area contributed by atoms with E-state index in [4.69, 9.17) is 0 Å². The fraction of sp³-hybridized carbons (Fsp3) is 0.250. The molecule has 3 aromatic rings. The summed E-state index contributed by atoms with van der Waals surface area (Å²) in [5.74, 6) is -0.321. The van der Waals surface area contributed by atoms with Gasteiger partial charge in [0, 0.05) is 65.2 Å². The summed E-state index contributed by atoms with van der Waals surface area (Å²) < 4.78 is 7.03. The van der Waals surface area contributed by atoms with Crippen molar-refractivity contribution in [1.82, 2.24) is 9.47 Å². The Morgan fingerprint density at radius 2 is 1.97 bits per heavy atom. The number of amides is 1. The second-order valence-corrected chi connectivity index (χ2v) is 8.03. The Kier molecular flexibility index (Phi) is 6.04. The van der Waals surface area contributed by atoms with Crippen LogP contribution in [0.4, 0.5) is 0 Å². The lowest BCUT2D eigenvalue weighted by Gasteiger charge is -2.28. The monoisotopic (exact) mass is 466 g/mol. The fourth-order valence-corrected chi connectivity index (χ4v) is 4.43. The second-order valence-electron chi connectivity index (χ2n) is 7.24. The Morgan fingerprint density at radius 1 is 1.17 bits per heavy atom. The van der Waals surface area contributed by atoms with E-state index < -0.39 is 0 Å². The Labute approximate surface area is 184 Å². The quantitative estimate of drug-likeness (QED) is 0.317. The molecule has 0 spiro atoms. The highest BCUT2D eigenvalue weighted by Gasteiger charge is 2.27. The van der Waals surface area contributed by atoms with Gasteiger partial charge in [0.15, 0.2) is 0 Å². The van der Waals surface area contributed by atoms with Crippen LogP contribution in [0.3, 0.4) is 0 Å². The minimum atomic E-state index is -0.381. The van der Waals surface area contributed by atoms with Crippen molar-refractivity contribution in [3.05, 3.63) is 77.0 Å². The first-order valence-electron chi connectivity index (χ1n) is 9.92. The molecule has 1 aliphatic rings. The van der Waals surface area contributed by atoms with E-state index in [9.17, 15) is 9.59 Å². The van der Waals surface area contributed by atoms with Crippen LogP contribution in [0.5, 0.6) is 0 Å². The first kappa shape index (κ1) is 20.4. The number of esters is 1. The number of aryl methyl sites for hydroxylation is 1. The number of ether oxygens (including phenoxy) is 1. The van der Waals surface area contributed by atoms with Gasteiger partial charge in [0.25, 0.3) is 5.91 Å². The zero-order valence-electron chi connectivity index (χ0n) is 16.8. The van der Waals surface area contributed by atoms with E-state index in [-0.39, 0.29) is 11.9 Å². The second kappa shape index (κ2) is 8.88. The summed E-state index contributed by atoms with van der Waals surface area (Å²) in [6.45, 7) is 2.16. The smallest absolute Gasteiger partial charge is 0.330 e.